The molecule has 164 valence electrons. The minimum atomic E-state index is -0.677. The molecule has 0 atom stereocenters. The fourth-order valence-corrected chi connectivity index (χ4v) is 3.68. The maximum Gasteiger partial charge on any atom is 0.355 e. The Morgan fingerprint density at radius 3 is 2.22 bits per heavy atom. The van der Waals surface area contributed by atoms with Crippen molar-refractivity contribution < 1.29 is 28.6 Å². The Kier molecular flexibility index (Phi) is 7.45. The average Bonchev–Trinajstić information content (AvgIpc) is 3.06. The molecule has 2 heterocycles. The van der Waals surface area contributed by atoms with Gasteiger partial charge in [-0.15, -0.1) is 0 Å². The van der Waals surface area contributed by atoms with Crippen LogP contribution in [0.25, 0.3) is 0 Å². The van der Waals surface area contributed by atoms with Crippen molar-refractivity contribution in [1.29, 1.82) is 0 Å². The van der Waals surface area contributed by atoms with E-state index in [1.807, 2.05) is 12.1 Å². The number of benzene rings is 1. The molecule has 1 aromatic heterocycles. The molecule has 0 radical (unpaired) electrons. The largest absolute Gasteiger partial charge is 0.465 e. The van der Waals surface area contributed by atoms with E-state index in [1.54, 1.807) is 53.7 Å². The minimum absolute atomic E-state index is 0.0391. The zero-order valence-corrected chi connectivity index (χ0v) is 18.4. The molecule has 1 aromatic carbocycles. The van der Waals surface area contributed by atoms with Crippen molar-refractivity contribution in [3.05, 3.63) is 83.9 Å². The van der Waals surface area contributed by atoms with Gasteiger partial charge in [-0.25, -0.2) is 19.4 Å². The van der Waals surface area contributed by atoms with Gasteiger partial charge in [0.1, 0.15) is 10.7 Å². The Morgan fingerprint density at radius 2 is 1.56 bits per heavy atom. The number of aromatic nitrogens is 1. The van der Waals surface area contributed by atoms with Crippen molar-refractivity contribution in [2.24, 2.45) is 0 Å². The standard InChI is InChI=1S/C23H20N2O6S/c1-29-21(26)15-11-12-24-19(14-15)32-17-9-7-16(8-10-17)25-13-5-4-6-18(22(27)30-2)20(25)23(28)31-3/h4-14H,1-3H3. The first-order valence-corrected chi connectivity index (χ1v) is 10.2. The maximum absolute atomic E-state index is 12.5. The molecule has 9 heteroatoms. The van der Waals surface area contributed by atoms with Crippen molar-refractivity contribution in [3.8, 4) is 0 Å². The number of anilines is 1. The number of allylic oxidation sites excluding steroid dienone is 2. The highest BCUT2D eigenvalue weighted by molar-refractivity contribution is 7.99. The summed E-state index contributed by atoms with van der Waals surface area (Å²) in [6.45, 7) is 0. The first-order valence-electron chi connectivity index (χ1n) is 9.35. The smallest absolute Gasteiger partial charge is 0.355 e. The summed E-state index contributed by atoms with van der Waals surface area (Å²) in [6, 6.07) is 10.5. The minimum Gasteiger partial charge on any atom is -0.465 e. The number of esters is 3. The van der Waals surface area contributed by atoms with E-state index in [-0.39, 0.29) is 11.3 Å². The summed E-state index contributed by atoms with van der Waals surface area (Å²) in [5, 5.41) is 0.627. The second kappa shape index (κ2) is 10.5. The molecule has 0 amide bonds. The second-order valence-electron chi connectivity index (χ2n) is 6.29. The molecule has 0 unspecified atom stereocenters. The van der Waals surface area contributed by atoms with Crippen molar-refractivity contribution in [2.45, 2.75) is 9.92 Å². The van der Waals surface area contributed by atoms with Crippen LogP contribution >= 0.6 is 11.8 Å². The van der Waals surface area contributed by atoms with Gasteiger partial charge in [-0.3, -0.25) is 0 Å². The third-order valence-electron chi connectivity index (χ3n) is 4.38. The summed E-state index contributed by atoms with van der Waals surface area (Å²) in [4.78, 5) is 43.2. The Morgan fingerprint density at radius 1 is 0.875 bits per heavy atom. The van der Waals surface area contributed by atoms with E-state index in [2.05, 4.69) is 4.98 Å². The molecule has 0 N–H and O–H groups in total. The van der Waals surface area contributed by atoms with Crippen LogP contribution in [0.4, 0.5) is 5.69 Å². The number of carbonyl (C=O) groups is 3. The Bertz CT molecular complexity index is 1120. The lowest BCUT2D eigenvalue weighted by Gasteiger charge is -2.23. The van der Waals surface area contributed by atoms with Gasteiger partial charge in [-0.1, -0.05) is 17.8 Å². The summed E-state index contributed by atoms with van der Waals surface area (Å²) < 4.78 is 14.5. The van der Waals surface area contributed by atoms with Crippen LogP contribution in [-0.4, -0.2) is 44.2 Å². The molecule has 0 fully saturated rings. The Balaban J connectivity index is 1.91. The predicted octanol–water partition coefficient (Wildman–Crippen LogP) is 3.51. The van der Waals surface area contributed by atoms with Crippen LogP contribution < -0.4 is 4.90 Å². The quantitative estimate of drug-likeness (QED) is 0.482. The average molecular weight is 452 g/mol. The van der Waals surface area contributed by atoms with E-state index in [1.165, 1.54) is 39.2 Å². The van der Waals surface area contributed by atoms with Gasteiger partial charge in [-0.2, -0.15) is 0 Å². The SMILES string of the molecule is COC(=O)C1=C(C(=O)OC)N(c2ccc(Sc3cc(C(=O)OC)ccn3)cc2)C=CC=C1. The fraction of sp³-hybridized carbons (Fsp3) is 0.130. The number of pyridine rings is 1. The topological polar surface area (TPSA) is 95.0 Å². The van der Waals surface area contributed by atoms with Gasteiger partial charge >= 0.3 is 17.9 Å². The molecule has 3 rings (SSSR count). The molecule has 0 bridgehead atoms. The molecule has 2 aromatic rings. The number of nitrogens with zero attached hydrogens (tertiary/aromatic N) is 2. The third kappa shape index (κ3) is 5.06. The lowest BCUT2D eigenvalue weighted by Crippen LogP contribution is -2.26. The van der Waals surface area contributed by atoms with Crippen LogP contribution in [0.1, 0.15) is 10.4 Å². The van der Waals surface area contributed by atoms with Crippen LogP contribution in [-0.2, 0) is 23.8 Å². The van der Waals surface area contributed by atoms with Crippen LogP contribution in [0.15, 0.2) is 88.2 Å². The predicted molar refractivity (Wildman–Crippen MR) is 118 cm³/mol. The molecule has 32 heavy (non-hydrogen) atoms. The van der Waals surface area contributed by atoms with Crippen molar-refractivity contribution in [3.63, 3.8) is 0 Å². The van der Waals surface area contributed by atoms with Gasteiger partial charge in [-0.05, 0) is 48.6 Å². The fourth-order valence-electron chi connectivity index (χ4n) is 2.87. The van der Waals surface area contributed by atoms with Crippen LogP contribution in [0.2, 0.25) is 0 Å². The molecule has 0 saturated carbocycles. The van der Waals surface area contributed by atoms with Gasteiger partial charge in [0.25, 0.3) is 0 Å². The lowest BCUT2D eigenvalue weighted by molar-refractivity contribution is -0.139. The van der Waals surface area contributed by atoms with Gasteiger partial charge in [0.2, 0.25) is 0 Å². The zero-order valence-electron chi connectivity index (χ0n) is 17.6. The van der Waals surface area contributed by atoms with E-state index < -0.39 is 17.9 Å². The van der Waals surface area contributed by atoms with E-state index in [9.17, 15) is 14.4 Å². The first kappa shape index (κ1) is 22.8. The van der Waals surface area contributed by atoms with Gasteiger partial charge in [0.05, 0.1) is 32.5 Å². The number of ether oxygens (including phenoxy) is 3. The summed E-state index contributed by atoms with van der Waals surface area (Å²) in [7, 11) is 3.82. The van der Waals surface area contributed by atoms with Gasteiger partial charge < -0.3 is 19.1 Å². The molecular formula is C23H20N2O6S. The lowest BCUT2D eigenvalue weighted by atomic mass is 10.1. The van der Waals surface area contributed by atoms with E-state index in [4.69, 9.17) is 14.2 Å². The molecule has 0 spiro atoms. The Labute approximate surface area is 189 Å². The zero-order chi connectivity index (χ0) is 23.1. The van der Waals surface area contributed by atoms with Gasteiger partial charge in [0, 0.05) is 23.0 Å². The van der Waals surface area contributed by atoms with Crippen molar-refractivity contribution in [1.82, 2.24) is 4.98 Å². The number of rotatable bonds is 6. The van der Waals surface area contributed by atoms with Crippen LogP contribution in [0, 0.1) is 0 Å². The van der Waals surface area contributed by atoms with E-state index in [0.717, 1.165) is 4.90 Å². The second-order valence-corrected chi connectivity index (χ2v) is 7.38. The summed E-state index contributed by atoms with van der Waals surface area (Å²) in [6.07, 6.45) is 8.03. The monoisotopic (exact) mass is 452 g/mol. The van der Waals surface area contributed by atoms with Crippen molar-refractivity contribution in [2.75, 3.05) is 26.2 Å². The van der Waals surface area contributed by atoms with E-state index in [0.29, 0.717) is 16.3 Å². The highest BCUT2D eigenvalue weighted by Gasteiger charge is 2.27. The summed E-state index contributed by atoms with van der Waals surface area (Å²) in [5.74, 6) is -1.77. The number of carbonyl (C=O) groups excluding carboxylic acids is 3. The molecule has 1 aliphatic heterocycles. The number of hydrogen-bond acceptors (Lipinski definition) is 9. The molecular weight excluding hydrogens is 432 g/mol. The molecule has 1 aliphatic rings. The maximum atomic E-state index is 12.5. The van der Waals surface area contributed by atoms with Gasteiger partial charge in [0.15, 0.2) is 0 Å². The first-order chi connectivity index (χ1) is 15.5. The highest BCUT2D eigenvalue weighted by atomic mass is 32.2. The number of methoxy groups -OCH3 is 3. The summed E-state index contributed by atoms with van der Waals surface area (Å²) >= 11 is 1.36. The Hall–Kier alpha value is -3.85. The van der Waals surface area contributed by atoms with Crippen LogP contribution in [0.3, 0.4) is 0 Å². The summed E-state index contributed by atoms with van der Waals surface area (Å²) in [5.41, 5.74) is 1.16. The normalized spacial score (nSPS) is 12.9. The molecule has 0 saturated heterocycles. The van der Waals surface area contributed by atoms with Crippen molar-refractivity contribution >= 4 is 35.4 Å². The molecule has 0 aliphatic carbocycles. The molecule has 8 nitrogen and oxygen atoms in total. The van der Waals surface area contributed by atoms with E-state index >= 15 is 0 Å². The third-order valence-corrected chi connectivity index (χ3v) is 5.32. The highest BCUT2D eigenvalue weighted by Crippen LogP contribution is 2.31. The van der Waals surface area contributed by atoms with Crippen LogP contribution in [0.5, 0.6) is 0 Å². The number of hydrogen-bond donors (Lipinski definition) is 0.